The van der Waals surface area contributed by atoms with Gasteiger partial charge in [0.25, 0.3) is 0 Å². The Morgan fingerprint density at radius 3 is 1.85 bits per heavy atom. The Balaban J connectivity index is 2.52. The van der Waals surface area contributed by atoms with Crippen molar-refractivity contribution >= 4 is 0 Å². The van der Waals surface area contributed by atoms with Crippen molar-refractivity contribution in [3.05, 3.63) is 84.4 Å². The van der Waals surface area contributed by atoms with Crippen LogP contribution in [0.5, 0.6) is 0 Å². The third-order valence-electron chi connectivity index (χ3n) is 3.91. The van der Waals surface area contributed by atoms with Crippen molar-refractivity contribution in [2.75, 3.05) is 13.6 Å². The van der Waals surface area contributed by atoms with Gasteiger partial charge in [-0.1, -0.05) is 66.7 Å². The van der Waals surface area contributed by atoms with Gasteiger partial charge in [-0.3, -0.25) is 0 Å². The SMILES string of the molecule is C=CCCC(CNC)(c1ccccc1)c1ccccc1. The number of allylic oxidation sites excluding steroid dienone is 1. The molecule has 1 N–H and O–H groups in total. The summed E-state index contributed by atoms with van der Waals surface area (Å²) in [6.45, 7) is 4.82. The zero-order valence-corrected chi connectivity index (χ0v) is 12.2. The normalized spacial score (nSPS) is 11.2. The van der Waals surface area contributed by atoms with E-state index in [0.29, 0.717) is 0 Å². The Kier molecular flexibility index (Phi) is 5.14. The molecule has 0 saturated heterocycles. The van der Waals surface area contributed by atoms with Gasteiger partial charge in [-0.25, -0.2) is 0 Å². The Labute approximate surface area is 122 Å². The molecule has 0 atom stereocenters. The lowest BCUT2D eigenvalue weighted by atomic mass is 9.71. The van der Waals surface area contributed by atoms with Crippen LogP contribution in [-0.2, 0) is 5.41 Å². The highest BCUT2D eigenvalue weighted by molar-refractivity contribution is 5.40. The van der Waals surface area contributed by atoms with E-state index in [1.807, 2.05) is 13.1 Å². The van der Waals surface area contributed by atoms with Crippen LogP contribution in [0, 0.1) is 0 Å². The molecule has 0 saturated carbocycles. The lowest BCUT2D eigenvalue weighted by Crippen LogP contribution is -2.38. The second-order valence-electron chi connectivity index (χ2n) is 5.17. The van der Waals surface area contributed by atoms with E-state index in [1.54, 1.807) is 0 Å². The predicted octanol–water partition coefficient (Wildman–Crippen LogP) is 4.16. The van der Waals surface area contributed by atoms with Gasteiger partial charge in [-0.05, 0) is 31.0 Å². The molecule has 2 rings (SSSR count). The topological polar surface area (TPSA) is 12.0 Å². The Hall–Kier alpha value is -1.86. The molecule has 0 aliphatic carbocycles. The van der Waals surface area contributed by atoms with Crippen molar-refractivity contribution in [3.8, 4) is 0 Å². The highest BCUT2D eigenvalue weighted by Gasteiger charge is 2.32. The molecule has 1 nitrogen and oxygen atoms in total. The van der Waals surface area contributed by atoms with Crippen molar-refractivity contribution in [2.45, 2.75) is 18.3 Å². The number of benzene rings is 2. The van der Waals surface area contributed by atoms with Gasteiger partial charge in [0.15, 0.2) is 0 Å². The molecule has 0 spiro atoms. The summed E-state index contributed by atoms with van der Waals surface area (Å²) < 4.78 is 0. The van der Waals surface area contributed by atoms with Crippen molar-refractivity contribution in [2.24, 2.45) is 0 Å². The summed E-state index contributed by atoms with van der Waals surface area (Å²) in [7, 11) is 2.02. The maximum Gasteiger partial charge on any atom is 0.0330 e. The summed E-state index contributed by atoms with van der Waals surface area (Å²) >= 11 is 0. The van der Waals surface area contributed by atoms with E-state index in [2.05, 4.69) is 72.6 Å². The lowest BCUT2D eigenvalue weighted by Gasteiger charge is -2.35. The van der Waals surface area contributed by atoms with Gasteiger partial charge in [0.05, 0.1) is 0 Å². The molecular formula is C19H23N. The summed E-state index contributed by atoms with van der Waals surface area (Å²) in [6, 6.07) is 21.6. The molecule has 0 fully saturated rings. The van der Waals surface area contributed by atoms with Crippen molar-refractivity contribution in [3.63, 3.8) is 0 Å². The smallest absolute Gasteiger partial charge is 0.0330 e. The second-order valence-corrected chi connectivity index (χ2v) is 5.17. The summed E-state index contributed by atoms with van der Waals surface area (Å²) in [4.78, 5) is 0. The standard InChI is InChI=1S/C19H23N/c1-3-4-15-19(16-20-2,17-11-7-5-8-12-17)18-13-9-6-10-14-18/h3,5-14,20H,1,4,15-16H2,2H3. The van der Waals surface area contributed by atoms with Crippen LogP contribution in [0.25, 0.3) is 0 Å². The van der Waals surface area contributed by atoms with Crippen LogP contribution in [0.1, 0.15) is 24.0 Å². The van der Waals surface area contributed by atoms with Gasteiger partial charge < -0.3 is 5.32 Å². The average Bonchev–Trinajstić information content (AvgIpc) is 2.53. The van der Waals surface area contributed by atoms with Gasteiger partial charge in [0.2, 0.25) is 0 Å². The number of likely N-dealkylation sites (N-methyl/N-ethyl adjacent to an activating group) is 1. The number of nitrogens with one attached hydrogen (secondary N) is 1. The summed E-state index contributed by atoms with van der Waals surface area (Å²) in [6.07, 6.45) is 4.08. The number of hydrogen-bond donors (Lipinski definition) is 1. The van der Waals surface area contributed by atoms with Crippen LogP contribution in [-0.4, -0.2) is 13.6 Å². The van der Waals surface area contributed by atoms with Crippen molar-refractivity contribution in [1.82, 2.24) is 5.32 Å². The van der Waals surface area contributed by atoms with E-state index >= 15 is 0 Å². The first-order valence-electron chi connectivity index (χ1n) is 7.20. The molecule has 20 heavy (non-hydrogen) atoms. The predicted molar refractivity (Wildman–Crippen MR) is 87.0 cm³/mol. The maximum absolute atomic E-state index is 3.89. The zero-order valence-electron chi connectivity index (χ0n) is 12.2. The fraction of sp³-hybridized carbons (Fsp3) is 0.263. The van der Waals surface area contributed by atoms with E-state index < -0.39 is 0 Å². The van der Waals surface area contributed by atoms with Crippen LogP contribution in [0.4, 0.5) is 0 Å². The third-order valence-corrected chi connectivity index (χ3v) is 3.91. The molecule has 0 aliphatic heterocycles. The molecule has 0 amide bonds. The minimum Gasteiger partial charge on any atom is -0.319 e. The van der Waals surface area contributed by atoms with Crippen LogP contribution >= 0.6 is 0 Å². The maximum atomic E-state index is 3.89. The largest absolute Gasteiger partial charge is 0.319 e. The summed E-state index contributed by atoms with van der Waals surface area (Å²) in [5, 5.41) is 3.38. The number of hydrogen-bond acceptors (Lipinski definition) is 1. The van der Waals surface area contributed by atoms with Gasteiger partial charge >= 0.3 is 0 Å². The zero-order chi connectivity index (χ0) is 14.3. The monoisotopic (exact) mass is 265 g/mol. The fourth-order valence-corrected chi connectivity index (χ4v) is 2.91. The molecule has 0 bridgehead atoms. The highest BCUT2D eigenvalue weighted by atomic mass is 14.8. The lowest BCUT2D eigenvalue weighted by molar-refractivity contribution is 0.453. The Morgan fingerprint density at radius 2 is 1.45 bits per heavy atom. The first kappa shape index (κ1) is 14.5. The van der Waals surface area contributed by atoms with Gasteiger partial charge in [-0.15, -0.1) is 6.58 Å². The third kappa shape index (κ3) is 3.00. The van der Waals surface area contributed by atoms with Crippen LogP contribution < -0.4 is 5.32 Å². The molecule has 104 valence electrons. The fourth-order valence-electron chi connectivity index (χ4n) is 2.91. The van der Waals surface area contributed by atoms with Crippen molar-refractivity contribution < 1.29 is 0 Å². The van der Waals surface area contributed by atoms with E-state index in [-0.39, 0.29) is 5.41 Å². The van der Waals surface area contributed by atoms with Gasteiger partial charge in [0.1, 0.15) is 0 Å². The first-order valence-corrected chi connectivity index (χ1v) is 7.20. The molecule has 0 aliphatic rings. The molecule has 0 heterocycles. The van der Waals surface area contributed by atoms with Gasteiger partial charge in [0, 0.05) is 12.0 Å². The van der Waals surface area contributed by atoms with E-state index in [0.717, 1.165) is 19.4 Å². The van der Waals surface area contributed by atoms with E-state index in [4.69, 9.17) is 0 Å². The number of rotatable bonds is 7. The molecule has 2 aromatic carbocycles. The molecule has 0 aromatic heterocycles. The van der Waals surface area contributed by atoms with Crippen LogP contribution in [0.3, 0.4) is 0 Å². The van der Waals surface area contributed by atoms with E-state index in [1.165, 1.54) is 11.1 Å². The first-order chi connectivity index (χ1) is 9.83. The minimum absolute atomic E-state index is 0.00542. The average molecular weight is 265 g/mol. The Morgan fingerprint density at radius 1 is 0.950 bits per heavy atom. The quantitative estimate of drug-likeness (QED) is 0.741. The molecule has 0 unspecified atom stereocenters. The van der Waals surface area contributed by atoms with Crippen molar-refractivity contribution in [1.29, 1.82) is 0 Å². The van der Waals surface area contributed by atoms with Crippen LogP contribution in [0.2, 0.25) is 0 Å². The molecular weight excluding hydrogens is 242 g/mol. The van der Waals surface area contributed by atoms with E-state index in [9.17, 15) is 0 Å². The minimum atomic E-state index is 0.00542. The van der Waals surface area contributed by atoms with Crippen LogP contribution in [0.15, 0.2) is 73.3 Å². The molecule has 2 aromatic rings. The Bertz CT molecular complexity index is 476. The second kappa shape index (κ2) is 7.06. The van der Waals surface area contributed by atoms with Gasteiger partial charge in [-0.2, -0.15) is 0 Å². The summed E-state index contributed by atoms with van der Waals surface area (Å²) in [5.74, 6) is 0. The highest BCUT2D eigenvalue weighted by Crippen LogP contribution is 2.36. The molecule has 1 heteroatoms. The molecule has 0 radical (unpaired) electrons. The summed E-state index contributed by atoms with van der Waals surface area (Å²) in [5.41, 5.74) is 2.73.